The monoisotopic (exact) mass is 400 g/mol. The maximum absolute atomic E-state index is 11.3. The number of nitrogens with zero attached hydrogens (tertiary/aromatic N) is 4. The van der Waals surface area contributed by atoms with Crippen molar-refractivity contribution < 1.29 is 14.3 Å². The van der Waals surface area contributed by atoms with Gasteiger partial charge in [0.2, 0.25) is 0 Å². The molecule has 29 heavy (non-hydrogen) atoms. The zero-order valence-corrected chi connectivity index (χ0v) is 17.1. The number of hydrogen-bond donors (Lipinski definition) is 2. The van der Waals surface area contributed by atoms with Gasteiger partial charge in [-0.3, -0.25) is 10.00 Å². The highest BCUT2D eigenvalue weighted by Crippen LogP contribution is 2.21. The van der Waals surface area contributed by atoms with Crippen molar-refractivity contribution in [3.8, 4) is 0 Å². The molecule has 0 saturated carbocycles. The van der Waals surface area contributed by atoms with E-state index in [1.165, 1.54) is 7.11 Å². The highest BCUT2D eigenvalue weighted by atomic mass is 16.5. The largest absolute Gasteiger partial charge is 0.453 e. The van der Waals surface area contributed by atoms with Crippen molar-refractivity contribution in [2.24, 2.45) is 12.0 Å². The second kappa shape index (κ2) is 9.92. The summed E-state index contributed by atoms with van der Waals surface area (Å²) in [5.74, 6) is 0.862. The number of amides is 1. The van der Waals surface area contributed by atoms with Crippen molar-refractivity contribution in [1.29, 1.82) is 0 Å². The molecule has 0 bridgehead atoms. The molecule has 2 N–H and O–H groups in total. The third-order valence-corrected chi connectivity index (χ3v) is 4.59. The number of aromatic nitrogens is 2. The molecule has 9 nitrogen and oxygen atoms in total. The minimum atomic E-state index is -0.485. The lowest BCUT2D eigenvalue weighted by Crippen LogP contribution is -2.48. The van der Waals surface area contributed by atoms with Gasteiger partial charge < -0.3 is 19.7 Å². The summed E-state index contributed by atoms with van der Waals surface area (Å²) in [4.78, 5) is 18.3. The number of guanidine groups is 1. The van der Waals surface area contributed by atoms with Crippen LogP contribution in [0.4, 0.5) is 10.5 Å². The fourth-order valence-corrected chi connectivity index (χ4v) is 3.10. The van der Waals surface area contributed by atoms with Crippen LogP contribution in [0.2, 0.25) is 0 Å². The van der Waals surface area contributed by atoms with Gasteiger partial charge in [0.25, 0.3) is 0 Å². The Bertz CT molecular complexity index is 833. The summed E-state index contributed by atoms with van der Waals surface area (Å²) in [6.07, 6.45) is 3.33. The Kier molecular flexibility index (Phi) is 7.07. The van der Waals surface area contributed by atoms with E-state index in [4.69, 9.17) is 9.73 Å². The minimum absolute atomic E-state index is 0.0232. The van der Waals surface area contributed by atoms with Crippen LogP contribution < -0.4 is 10.6 Å². The predicted molar refractivity (Wildman–Crippen MR) is 111 cm³/mol. The molecule has 1 unspecified atom stereocenters. The molecule has 0 spiro atoms. The van der Waals surface area contributed by atoms with Gasteiger partial charge >= 0.3 is 6.09 Å². The molecule has 1 aromatic heterocycles. The van der Waals surface area contributed by atoms with Crippen LogP contribution in [-0.2, 0) is 23.1 Å². The highest BCUT2D eigenvalue weighted by molar-refractivity contribution is 5.84. The number of carbonyl (C=O) groups is 1. The summed E-state index contributed by atoms with van der Waals surface area (Å²) >= 11 is 0. The number of methoxy groups -OCH3 is 1. The van der Waals surface area contributed by atoms with Crippen LogP contribution in [0, 0.1) is 0 Å². The molecule has 0 radical (unpaired) electrons. The van der Waals surface area contributed by atoms with E-state index in [0.29, 0.717) is 18.8 Å². The second-order valence-corrected chi connectivity index (χ2v) is 6.74. The smallest absolute Gasteiger partial charge is 0.411 e. The van der Waals surface area contributed by atoms with E-state index in [2.05, 4.69) is 32.3 Å². The molecular formula is C20H28N6O3. The van der Waals surface area contributed by atoms with Crippen molar-refractivity contribution in [2.75, 3.05) is 38.7 Å². The quantitative estimate of drug-likeness (QED) is 0.590. The van der Waals surface area contributed by atoms with Gasteiger partial charge in [-0.15, -0.1) is 0 Å². The average Bonchev–Trinajstić information content (AvgIpc) is 3.18. The lowest BCUT2D eigenvalue weighted by Gasteiger charge is -2.34. The van der Waals surface area contributed by atoms with Gasteiger partial charge in [0, 0.05) is 37.6 Å². The van der Waals surface area contributed by atoms with Crippen LogP contribution in [-0.4, -0.2) is 60.1 Å². The molecular weight excluding hydrogens is 372 g/mol. The molecule has 9 heteroatoms. The van der Waals surface area contributed by atoms with E-state index < -0.39 is 6.09 Å². The van der Waals surface area contributed by atoms with E-state index in [0.717, 1.165) is 36.7 Å². The van der Waals surface area contributed by atoms with E-state index in [1.807, 2.05) is 43.7 Å². The Morgan fingerprint density at radius 2 is 2.17 bits per heavy atom. The van der Waals surface area contributed by atoms with Crippen molar-refractivity contribution in [3.63, 3.8) is 0 Å². The first-order valence-corrected chi connectivity index (χ1v) is 9.66. The Morgan fingerprint density at radius 1 is 1.38 bits per heavy atom. The number of anilines is 1. The molecule has 2 aromatic rings. The first-order chi connectivity index (χ1) is 14.1. The molecule has 1 amide bonds. The second-order valence-electron chi connectivity index (χ2n) is 6.74. The van der Waals surface area contributed by atoms with Crippen LogP contribution in [0.5, 0.6) is 0 Å². The first-order valence-electron chi connectivity index (χ1n) is 9.66. The van der Waals surface area contributed by atoms with Gasteiger partial charge in [0.15, 0.2) is 5.96 Å². The Hall–Kier alpha value is -3.07. The third-order valence-electron chi connectivity index (χ3n) is 4.59. The summed E-state index contributed by atoms with van der Waals surface area (Å²) in [6.45, 7) is 5.52. The molecule has 1 aromatic carbocycles. The van der Waals surface area contributed by atoms with Crippen LogP contribution in [0.3, 0.4) is 0 Å². The molecule has 1 aliphatic rings. The average molecular weight is 400 g/mol. The van der Waals surface area contributed by atoms with Gasteiger partial charge in [-0.1, -0.05) is 12.1 Å². The summed E-state index contributed by atoms with van der Waals surface area (Å²) in [5, 5.41) is 10.3. The normalized spacial score (nSPS) is 17.1. The van der Waals surface area contributed by atoms with Crippen LogP contribution in [0.25, 0.3) is 0 Å². The number of ether oxygens (including phenoxy) is 2. The van der Waals surface area contributed by atoms with Crippen molar-refractivity contribution in [3.05, 3.63) is 47.8 Å². The number of aliphatic imine (C=N–C) groups is 1. The van der Waals surface area contributed by atoms with Gasteiger partial charge in [0.1, 0.15) is 6.10 Å². The number of carbonyl (C=O) groups excluding carboxylic acids is 1. The van der Waals surface area contributed by atoms with E-state index in [-0.39, 0.29) is 6.10 Å². The van der Waals surface area contributed by atoms with E-state index in [1.54, 1.807) is 4.68 Å². The maximum atomic E-state index is 11.3. The Morgan fingerprint density at radius 3 is 2.83 bits per heavy atom. The van der Waals surface area contributed by atoms with Gasteiger partial charge in [-0.25, -0.2) is 9.79 Å². The van der Waals surface area contributed by atoms with Crippen molar-refractivity contribution in [1.82, 2.24) is 20.0 Å². The van der Waals surface area contributed by atoms with Crippen LogP contribution >= 0.6 is 0 Å². The molecule has 1 fully saturated rings. The van der Waals surface area contributed by atoms with E-state index in [9.17, 15) is 4.79 Å². The first kappa shape index (κ1) is 20.7. The summed E-state index contributed by atoms with van der Waals surface area (Å²) < 4.78 is 12.3. The Balaban J connectivity index is 1.65. The number of benzene rings is 1. The number of rotatable bonds is 5. The van der Waals surface area contributed by atoms with Crippen LogP contribution in [0.15, 0.2) is 41.7 Å². The van der Waals surface area contributed by atoms with E-state index >= 15 is 0 Å². The molecule has 1 saturated heterocycles. The zero-order valence-electron chi connectivity index (χ0n) is 17.1. The lowest BCUT2D eigenvalue weighted by atomic mass is 10.1. The highest BCUT2D eigenvalue weighted by Gasteiger charge is 2.25. The number of aryl methyl sites for hydroxylation is 1. The Labute approximate surface area is 170 Å². The van der Waals surface area contributed by atoms with Gasteiger partial charge in [-0.05, 0) is 24.6 Å². The standard InChI is InChI=1S/C20H28N6O3/c1-4-21-19(22-11-15-5-7-17(8-6-15)24-20(27)28-3)26-9-10-29-18(14-26)16-12-23-25(2)13-16/h5-8,12-13,18H,4,9-11,14H2,1-3H3,(H,21,22)(H,24,27). The van der Waals surface area contributed by atoms with Gasteiger partial charge in [0.05, 0.1) is 33.0 Å². The molecule has 1 atom stereocenters. The molecule has 156 valence electrons. The summed E-state index contributed by atoms with van der Waals surface area (Å²) in [7, 11) is 3.24. The molecule has 0 aliphatic carbocycles. The summed E-state index contributed by atoms with van der Waals surface area (Å²) in [5.41, 5.74) is 2.80. The molecule has 2 heterocycles. The van der Waals surface area contributed by atoms with Crippen molar-refractivity contribution >= 4 is 17.7 Å². The minimum Gasteiger partial charge on any atom is -0.453 e. The predicted octanol–water partition coefficient (Wildman–Crippen LogP) is 2.14. The summed E-state index contributed by atoms with van der Waals surface area (Å²) in [6, 6.07) is 7.55. The van der Waals surface area contributed by atoms with Gasteiger partial charge in [-0.2, -0.15) is 5.10 Å². The fraction of sp³-hybridized carbons (Fsp3) is 0.450. The molecule has 3 rings (SSSR count). The lowest BCUT2D eigenvalue weighted by molar-refractivity contribution is -0.00805. The number of nitrogens with one attached hydrogen (secondary N) is 2. The topological polar surface area (TPSA) is 93.0 Å². The number of morpholine rings is 1. The maximum Gasteiger partial charge on any atom is 0.411 e. The SMILES string of the molecule is CCNC(=NCc1ccc(NC(=O)OC)cc1)N1CCOC(c2cnn(C)c2)C1. The molecule has 1 aliphatic heterocycles. The number of hydrogen-bond acceptors (Lipinski definition) is 5. The fourth-order valence-electron chi connectivity index (χ4n) is 3.10. The third kappa shape index (κ3) is 5.71. The zero-order chi connectivity index (χ0) is 20.6. The van der Waals surface area contributed by atoms with Crippen molar-refractivity contribution in [2.45, 2.75) is 19.6 Å². The van der Waals surface area contributed by atoms with Crippen LogP contribution in [0.1, 0.15) is 24.2 Å².